The van der Waals surface area contributed by atoms with Crippen molar-refractivity contribution in [1.29, 1.82) is 0 Å². The second-order valence-corrected chi connectivity index (χ2v) is 5.06. The maximum Gasteiger partial charge on any atom is 0.0897 e. The minimum atomic E-state index is 0.364. The fourth-order valence-electron chi connectivity index (χ4n) is 1.94. The highest BCUT2D eigenvalue weighted by atomic mass is 32.1. The van der Waals surface area contributed by atoms with Gasteiger partial charge >= 0.3 is 0 Å². The van der Waals surface area contributed by atoms with Crippen molar-refractivity contribution in [2.24, 2.45) is 5.73 Å². The third kappa shape index (κ3) is 2.53. The standard InChI is InChI=1S/C10H17N3S/c1-8-12-10(7-14-8)6-13-4-2-3-9(11)5-13/h7,9H,2-6,11H2,1H3/t9-/m0/s1. The molecule has 4 heteroatoms. The lowest BCUT2D eigenvalue weighted by molar-refractivity contribution is 0.200. The van der Waals surface area contributed by atoms with Crippen molar-refractivity contribution >= 4 is 11.3 Å². The van der Waals surface area contributed by atoms with Crippen molar-refractivity contribution in [2.75, 3.05) is 13.1 Å². The number of piperidine rings is 1. The van der Waals surface area contributed by atoms with E-state index in [1.165, 1.54) is 25.1 Å². The molecule has 2 N–H and O–H groups in total. The summed E-state index contributed by atoms with van der Waals surface area (Å²) in [5, 5.41) is 3.30. The highest BCUT2D eigenvalue weighted by Crippen LogP contribution is 2.14. The number of nitrogens with two attached hydrogens (primary N) is 1. The highest BCUT2D eigenvalue weighted by Gasteiger charge is 2.17. The van der Waals surface area contributed by atoms with Gasteiger partial charge in [-0.3, -0.25) is 4.90 Å². The van der Waals surface area contributed by atoms with Crippen LogP contribution in [0, 0.1) is 6.92 Å². The molecule has 2 rings (SSSR count). The molecule has 1 aliphatic rings. The van der Waals surface area contributed by atoms with Crippen LogP contribution in [0.15, 0.2) is 5.38 Å². The second-order valence-electron chi connectivity index (χ2n) is 4.00. The molecule has 0 amide bonds. The van der Waals surface area contributed by atoms with E-state index in [9.17, 15) is 0 Å². The molecule has 0 bridgehead atoms. The number of nitrogens with zero attached hydrogens (tertiary/aromatic N) is 2. The van der Waals surface area contributed by atoms with Gasteiger partial charge in [0.25, 0.3) is 0 Å². The Kier molecular flexibility index (Phi) is 3.15. The highest BCUT2D eigenvalue weighted by molar-refractivity contribution is 7.09. The largest absolute Gasteiger partial charge is 0.327 e. The first-order valence-corrected chi connectivity index (χ1v) is 6.01. The monoisotopic (exact) mass is 211 g/mol. The smallest absolute Gasteiger partial charge is 0.0897 e. The molecule has 1 atom stereocenters. The van der Waals surface area contributed by atoms with E-state index in [-0.39, 0.29) is 0 Å². The van der Waals surface area contributed by atoms with Crippen LogP contribution in [-0.2, 0) is 6.54 Å². The average Bonchev–Trinajstić information content (AvgIpc) is 2.51. The molecule has 0 unspecified atom stereocenters. The first kappa shape index (κ1) is 10.1. The topological polar surface area (TPSA) is 42.2 Å². The summed E-state index contributed by atoms with van der Waals surface area (Å²) in [6.45, 7) is 5.22. The fraction of sp³-hybridized carbons (Fsp3) is 0.700. The molecular weight excluding hydrogens is 194 g/mol. The molecule has 1 saturated heterocycles. The molecule has 1 aromatic rings. The Bertz CT molecular complexity index is 297. The Morgan fingerprint density at radius 2 is 2.57 bits per heavy atom. The molecule has 0 radical (unpaired) electrons. The Morgan fingerprint density at radius 1 is 1.71 bits per heavy atom. The molecule has 0 spiro atoms. The van der Waals surface area contributed by atoms with Gasteiger partial charge < -0.3 is 5.73 Å². The lowest BCUT2D eigenvalue weighted by Crippen LogP contribution is -2.42. The molecule has 0 saturated carbocycles. The fourth-order valence-corrected chi connectivity index (χ4v) is 2.55. The van der Waals surface area contributed by atoms with E-state index in [1.54, 1.807) is 11.3 Å². The van der Waals surface area contributed by atoms with Gasteiger partial charge in [-0.15, -0.1) is 11.3 Å². The predicted molar refractivity (Wildman–Crippen MR) is 59.3 cm³/mol. The minimum Gasteiger partial charge on any atom is -0.327 e. The summed E-state index contributed by atoms with van der Waals surface area (Å²) in [7, 11) is 0. The second kappa shape index (κ2) is 4.38. The van der Waals surface area contributed by atoms with E-state index in [1.807, 2.05) is 0 Å². The van der Waals surface area contributed by atoms with Crippen molar-refractivity contribution in [3.63, 3.8) is 0 Å². The molecule has 0 aromatic carbocycles. The Labute approximate surface area is 88.9 Å². The quantitative estimate of drug-likeness (QED) is 0.803. The van der Waals surface area contributed by atoms with Gasteiger partial charge in [0.15, 0.2) is 0 Å². The molecule has 1 fully saturated rings. The Hall–Kier alpha value is -0.450. The van der Waals surface area contributed by atoms with Crippen molar-refractivity contribution in [3.8, 4) is 0 Å². The van der Waals surface area contributed by atoms with E-state index in [4.69, 9.17) is 5.73 Å². The number of likely N-dealkylation sites (tertiary alicyclic amines) is 1. The molecule has 14 heavy (non-hydrogen) atoms. The third-order valence-electron chi connectivity index (χ3n) is 2.59. The summed E-state index contributed by atoms with van der Waals surface area (Å²) in [6.07, 6.45) is 2.40. The van der Waals surface area contributed by atoms with E-state index >= 15 is 0 Å². The lowest BCUT2D eigenvalue weighted by atomic mass is 10.1. The van der Waals surface area contributed by atoms with Gasteiger partial charge in [-0.05, 0) is 26.3 Å². The average molecular weight is 211 g/mol. The number of aromatic nitrogens is 1. The molecule has 1 aliphatic heterocycles. The normalized spacial score (nSPS) is 24.0. The molecule has 0 aliphatic carbocycles. The van der Waals surface area contributed by atoms with Crippen molar-refractivity contribution in [1.82, 2.24) is 9.88 Å². The van der Waals surface area contributed by atoms with Crippen molar-refractivity contribution < 1.29 is 0 Å². The number of hydrogen-bond donors (Lipinski definition) is 1. The van der Waals surface area contributed by atoms with Crippen LogP contribution in [0.4, 0.5) is 0 Å². The summed E-state index contributed by atoms with van der Waals surface area (Å²) in [5.74, 6) is 0. The van der Waals surface area contributed by atoms with Crippen LogP contribution >= 0.6 is 11.3 Å². The summed E-state index contributed by atoms with van der Waals surface area (Å²) >= 11 is 1.72. The van der Waals surface area contributed by atoms with Crippen LogP contribution in [-0.4, -0.2) is 29.0 Å². The minimum absolute atomic E-state index is 0.364. The van der Waals surface area contributed by atoms with Crippen molar-refractivity contribution in [2.45, 2.75) is 32.4 Å². The van der Waals surface area contributed by atoms with Crippen LogP contribution in [0.25, 0.3) is 0 Å². The van der Waals surface area contributed by atoms with E-state index in [0.717, 1.165) is 18.1 Å². The number of rotatable bonds is 2. The van der Waals surface area contributed by atoms with Crippen LogP contribution in [0.1, 0.15) is 23.5 Å². The van der Waals surface area contributed by atoms with Crippen LogP contribution in [0.5, 0.6) is 0 Å². The lowest BCUT2D eigenvalue weighted by Gasteiger charge is -2.29. The number of aryl methyl sites for hydroxylation is 1. The zero-order valence-corrected chi connectivity index (χ0v) is 9.39. The molecule has 3 nitrogen and oxygen atoms in total. The Balaban J connectivity index is 1.90. The van der Waals surface area contributed by atoms with Gasteiger partial charge in [-0.25, -0.2) is 4.98 Å². The van der Waals surface area contributed by atoms with Gasteiger partial charge in [-0.2, -0.15) is 0 Å². The number of hydrogen-bond acceptors (Lipinski definition) is 4. The van der Waals surface area contributed by atoms with Crippen LogP contribution < -0.4 is 5.73 Å². The molecule has 1 aromatic heterocycles. The van der Waals surface area contributed by atoms with Crippen LogP contribution in [0.3, 0.4) is 0 Å². The van der Waals surface area contributed by atoms with Crippen LogP contribution in [0.2, 0.25) is 0 Å². The Morgan fingerprint density at radius 3 is 3.21 bits per heavy atom. The maximum absolute atomic E-state index is 5.92. The summed E-state index contributed by atoms with van der Waals surface area (Å²) in [4.78, 5) is 6.87. The summed E-state index contributed by atoms with van der Waals surface area (Å²) in [6, 6.07) is 0.364. The predicted octanol–water partition coefficient (Wildman–Crippen LogP) is 1.37. The van der Waals surface area contributed by atoms with E-state index in [0.29, 0.717) is 6.04 Å². The zero-order chi connectivity index (χ0) is 9.97. The van der Waals surface area contributed by atoms with Gasteiger partial charge in [0.05, 0.1) is 10.7 Å². The molecular formula is C10H17N3S. The summed E-state index contributed by atoms with van der Waals surface area (Å²) < 4.78 is 0. The van der Waals surface area contributed by atoms with Gasteiger partial charge in [0, 0.05) is 24.5 Å². The summed E-state index contributed by atoms with van der Waals surface area (Å²) in [5.41, 5.74) is 7.12. The molecule has 78 valence electrons. The first-order valence-electron chi connectivity index (χ1n) is 5.13. The van der Waals surface area contributed by atoms with Gasteiger partial charge in [0.2, 0.25) is 0 Å². The van der Waals surface area contributed by atoms with Gasteiger partial charge in [0.1, 0.15) is 0 Å². The van der Waals surface area contributed by atoms with E-state index < -0.39 is 0 Å². The SMILES string of the molecule is Cc1nc(CN2CCC[C@H](N)C2)cs1. The van der Waals surface area contributed by atoms with Crippen molar-refractivity contribution in [3.05, 3.63) is 16.1 Å². The zero-order valence-electron chi connectivity index (χ0n) is 8.57. The maximum atomic E-state index is 5.92. The third-order valence-corrected chi connectivity index (χ3v) is 3.42. The van der Waals surface area contributed by atoms with E-state index in [2.05, 4.69) is 22.2 Å². The first-order chi connectivity index (χ1) is 6.74. The number of thiazole rings is 1. The van der Waals surface area contributed by atoms with Gasteiger partial charge in [-0.1, -0.05) is 0 Å². The molecule has 2 heterocycles.